The largest absolute Gasteiger partial charge is 0.497 e. The molecule has 1 rings (SSSR count). The lowest BCUT2D eigenvalue weighted by atomic mass is 10.2. The molecule has 80 valence electrons. The van der Waals surface area contributed by atoms with E-state index in [0.29, 0.717) is 0 Å². The van der Waals surface area contributed by atoms with Crippen LogP contribution in [0.2, 0.25) is 0 Å². The van der Waals surface area contributed by atoms with E-state index in [0.717, 1.165) is 11.3 Å². The van der Waals surface area contributed by atoms with E-state index in [1.807, 2.05) is 0 Å². The van der Waals surface area contributed by atoms with Crippen molar-refractivity contribution in [2.24, 2.45) is 0 Å². The molecule has 0 fully saturated rings. The van der Waals surface area contributed by atoms with Crippen LogP contribution in [-0.2, 0) is 0 Å². The highest BCUT2D eigenvalue weighted by atomic mass is 79.9. The molecule has 0 spiro atoms. The standard InChI is InChI=1S/C10H10BrNO3/c1-15-10-4-2-8(3-5-10)6-9(7-11)12(13)14/h2-6H,7H2,1H3/b9-6-. The van der Waals surface area contributed by atoms with Gasteiger partial charge in [0.05, 0.1) is 17.4 Å². The van der Waals surface area contributed by atoms with Crippen LogP contribution < -0.4 is 4.74 Å². The Morgan fingerprint density at radius 2 is 2.13 bits per heavy atom. The smallest absolute Gasteiger partial charge is 0.257 e. The van der Waals surface area contributed by atoms with E-state index >= 15 is 0 Å². The molecule has 0 atom stereocenters. The fourth-order valence-electron chi connectivity index (χ4n) is 1.03. The highest BCUT2D eigenvalue weighted by Crippen LogP contribution is 2.14. The number of hydrogen-bond donors (Lipinski definition) is 0. The highest BCUT2D eigenvalue weighted by Gasteiger charge is 2.07. The van der Waals surface area contributed by atoms with Crippen molar-refractivity contribution < 1.29 is 9.66 Å². The van der Waals surface area contributed by atoms with Crippen molar-refractivity contribution in [2.45, 2.75) is 0 Å². The average molecular weight is 272 g/mol. The summed E-state index contributed by atoms with van der Waals surface area (Å²) in [6.45, 7) is 0. The van der Waals surface area contributed by atoms with Crippen molar-refractivity contribution in [1.82, 2.24) is 0 Å². The topological polar surface area (TPSA) is 52.4 Å². The number of nitrogens with zero attached hydrogens (tertiary/aromatic N) is 1. The third-order valence-corrected chi connectivity index (χ3v) is 2.40. The second-order valence-corrected chi connectivity index (χ2v) is 3.36. The minimum Gasteiger partial charge on any atom is -0.497 e. The van der Waals surface area contributed by atoms with Gasteiger partial charge in [-0.2, -0.15) is 0 Å². The van der Waals surface area contributed by atoms with Gasteiger partial charge in [0.25, 0.3) is 5.70 Å². The molecule has 0 aliphatic heterocycles. The second kappa shape index (κ2) is 5.50. The Kier molecular flexibility index (Phi) is 4.30. The van der Waals surface area contributed by atoms with Gasteiger partial charge in [-0.25, -0.2) is 0 Å². The predicted octanol–water partition coefficient (Wildman–Crippen LogP) is 2.71. The minimum atomic E-state index is -0.404. The Morgan fingerprint density at radius 1 is 1.53 bits per heavy atom. The Bertz CT molecular complexity index is 373. The Morgan fingerprint density at radius 3 is 2.53 bits per heavy atom. The fourth-order valence-corrected chi connectivity index (χ4v) is 1.40. The number of rotatable bonds is 4. The van der Waals surface area contributed by atoms with E-state index in [4.69, 9.17) is 4.74 Å². The van der Waals surface area contributed by atoms with E-state index in [9.17, 15) is 10.1 Å². The fraction of sp³-hybridized carbons (Fsp3) is 0.200. The Hall–Kier alpha value is -1.36. The van der Waals surface area contributed by atoms with Gasteiger partial charge in [-0.3, -0.25) is 10.1 Å². The van der Waals surface area contributed by atoms with Gasteiger partial charge < -0.3 is 4.74 Å². The van der Waals surface area contributed by atoms with Crippen molar-refractivity contribution >= 4 is 22.0 Å². The molecule has 4 nitrogen and oxygen atoms in total. The number of ether oxygens (including phenoxy) is 1. The molecule has 1 aromatic rings. The molecule has 0 N–H and O–H groups in total. The maximum Gasteiger partial charge on any atom is 0.257 e. The van der Waals surface area contributed by atoms with Crippen LogP contribution in [0.15, 0.2) is 30.0 Å². The molecule has 0 saturated heterocycles. The van der Waals surface area contributed by atoms with Crippen LogP contribution in [0.1, 0.15) is 5.56 Å². The lowest BCUT2D eigenvalue weighted by Gasteiger charge is -1.99. The molecule has 0 unspecified atom stereocenters. The first-order chi connectivity index (χ1) is 7.17. The predicted molar refractivity (Wildman–Crippen MR) is 61.8 cm³/mol. The maximum atomic E-state index is 10.5. The molecule has 0 heterocycles. The van der Waals surface area contributed by atoms with E-state index in [1.54, 1.807) is 31.4 Å². The van der Waals surface area contributed by atoms with Gasteiger partial charge in [-0.15, -0.1) is 0 Å². The molecule has 0 aliphatic carbocycles. The first kappa shape index (κ1) is 11.7. The van der Waals surface area contributed by atoms with Gasteiger partial charge in [0, 0.05) is 6.08 Å². The van der Waals surface area contributed by atoms with Crippen molar-refractivity contribution in [3.63, 3.8) is 0 Å². The van der Waals surface area contributed by atoms with Crippen LogP contribution in [-0.4, -0.2) is 17.4 Å². The van der Waals surface area contributed by atoms with Crippen molar-refractivity contribution in [1.29, 1.82) is 0 Å². The van der Waals surface area contributed by atoms with Crippen LogP contribution in [0.4, 0.5) is 0 Å². The van der Waals surface area contributed by atoms with E-state index < -0.39 is 4.92 Å². The van der Waals surface area contributed by atoms with Gasteiger partial charge in [0.15, 0.2) is 0 Å². The summed E-state index contributed by atoms with van der Waals surface area (Å²) >= 11 is 3.07. The van der Waals surface area contributed by atoms with Crippen LogP contribution in [0.5, 0.6) is 5.75 Å². The van der Waals surface area contributed by atoms with Crippen LogP contribution in [0.25, 0.3) is 6.08 Å². The lowest BCUT2D eigenvalue weighted by Crippen LogP contribution is -1.99. The summed E-state index contributed by atoms with van der Waals surface area (Å²) in [6, 6.07) is 7.06. The van der Waals surface area contributed by atoms with Crippen LogP contribution in [0.3, 0.4) is 0 Å². The van der Waals surface area contributed by atoms with Crippen molar-refractivity contribution in [3.05, 3.63) is 45.6 Å². The first-order valence-electron chi connectivity index (χ1n) is 4.22. The maximum absolute atomic E-state index is 10.5. The summed E-state index contributed by atoms with van der Waals surface area (Å²) in [5.41, 5.74) is 0.905. The van der Waals surface area contributed by atoms with Crippen LogP contribution in [0, 0.1) is 10.1 Å². The molecular weight excluding hydrogens is 262 g/mol. The quantitative estimate of drug-likeness (QED) is 0.481. The molecule has 0 saturated carbocycles. The number of benzene rings is 1. The Balaban J connectivity index is 2.92. The highest BCUT2D eigenvalue weighted by molar-refractivity contribution is 9.09. The molecule has 0 radical (unpaired) electrons. The number of hydrogen-bond acceptors (Lipinski definition) is 3. The molecule has 15 heavy (non-hydrogen) atoms. The van der Waals surface area contributed by atoms with E-state index in [-0.39, 0.29) is 11.0 Å². The summed E-state index contributed by atoms with van der Waals surface area (Å²) < 4.78 is 4.98. The molecule has 0 bridgehead atoms. The zero-order valence-corrected chi connectivity index (χ0v) is 9.73. The zero-order chi connectivity index (χ0) is 11.3. The van der Waals surface area contributed by atoms with Crippen molar-refractivity contribution in [2.75, 3.05) is 12.4 Å². The molecule has 0 amide bonds. The molecular formula is C10H10BrNO3. The molecule has 0 aliphatic rings. The number of alkyl halides is 1. The number of allylic oxidation sites excluding steroid dienone is 1. The van der Waals surface area contributed by atoms with Crippen molar-refractivity contribution in [3.8, 4) is 5.75 Å². The molecule has 1 aromatic carbocycles. The van der Waals surface area contributed by atoms with Gasteiger partial charge in [0.2, 0.25) is 0 Å². The average Bonchev–Trinajstić information content (AvgIpc) is 2.26. The van der Waals surface area contributed by atoms with E-state index in [1.165, 1.54) is 6.08 Å². The summed E-state index contributed by atoms with van der Waals surface area (Å²) in [7, 11) is 1.58. The van der Waals surface area contributed by atoms with E-state index in [2.05, 4.69) is 15.9 Å². The number of halogens is 1. The molecule has 0 aromatic heterocycles. The van der Waals surface area contributed by atoms with Gasteiger partial charge in [-0.1, -0.05) is 28.1 Å². The minimum absolute atomic E-state index is 0.125. The van der Waals surface area contributed by atoms with Gasteiger partial charge in [0.1, 0.15) is 5.75 Å². The van der Waals surface area contributed by atoms with Crippen LogP contribution >= 0.6 is 15.9 Å². The third kappa shape index (κ3) is 3.36. The summed E-state index contributed by atoms with van der Waals surface area (Å²) in [4.78, 5) is 10.1. The number of nitro groups is 1. The Labute approximate surface area is 95.8 Å². The summed E-state index contributed by atoms with van der Waals surface area (Å²) in [6.07, 6.45) is 1.52. The number of methoxy groups -OCH3 is 1. The zero-order valence-electron chi connectivity index (χ0n) is 8.14. The van der Waals surface area contributed by atoms with Gasteiger partial charge >= 0.3 is 0 Å². The summed E-state index contributed by atoms with van der Waals surface area (Å²) in [5.74, 6) is 0.730. The SMILES string of the molecule is COc1ccc(/C=C(/CBr)[N+](=O)[O-])cc1. The monoisotopic (exact) mass is 271 g/mol. The second-order valence-electron chi connectivity index (χ2n) is 2.80. The lowest BCUT2D eigenvalue weighted by molar-refractivity contribution is -0.421. The summed E-state index contributed by atoms with van der Waals surface area (Å²) in [5, 5.41) is 10.8. The first-order valence-corrected chi connectivity index (χ1v) is 5.34. The normalized spacial score (nSPS) is 11.2. The molecule has 5 heteroatoms. The van der Waals surface area contributed by atoms with Gasteiger partial charge in [-0.05, 0) is 17.7 Å². The third-order valence-electron chi connectivity index (χ3n) is 1.82.